The molecule has 0 aliphatic rings. The molecule has 1 aromatic carbocycles. The van der Waals surface area contributed by atoms with Crippen molar-refractivity contribution in [3.05, 3.63) is 35.4 Å². The molecule has 23 heavy (non-hydrogen) atoms. The predicted octanol–water partition coefficient (Wildman–Crippen LogP) is 2.54. The number of amidine groups is 1. The van der Waals surface area contributed by atoms with Crippen LogP contribution in [0.1, 0.15) is 18.1 Å². The molecule has 4 N–H and O–H groups in total. The van der Waals surface area contributed by atoms with E-state index >= 15 is 0 Å². The molecule has 0 saturated carbocycles. The SMILES string of the molecule is CC(=N)S[C@@H](Cc1ccc(CCSC(=N)N)cc1)CS(C)(=O)=O. The van der Waals surface area contributed by atoms with Gasteiger partial charge in [-0.2, -0.15) is 0 Å². The first-order valence-electron chi connectivity index (χ1n) is 7.10. The molecule has 0 radical (unpaired) electrons. The summed E-state index contributed by atoms with van der Waals surface area (Å²) in [5, 5.41) is 15.2. The van der Waals surface area contributed by atoms with Gasteiger partial charge in [-0.05, 0) is 30.9 Å². The Morgan fingerprint density at radius 2 is 1.78 bits per heavy atom. The maximum Gasteiger partial charge on any atom is 0.151 e. The molecule has 1 rings (SSSR count). The van der Waals surface area contributed by atoms with Gasteiger partial charge in [0.25, 0.3) is 0 Å². The van der Waals surface area contributed by atoms with Crippen LogP contribution >= 0.6 is 23.5 Å². The number of sulfone groups is 1. The van der Waals surface area contributed by atoms with E-state index in [1.807, 2.05) is 24.3 Å². The van der Waals surface area contributed by atoms with Gasteiger partial charge in [0.05, 0.1) is 10.8 Å². The molecule has 0 amide bonds. The molecule has 0 saturated heterocycles. The highest BCUT2D eigenvalue weighted by molar-refractivity contribution is 8.14. The van der Waals surface area contributed by atoms with Crippen LogP contribution in [0.25, 0.3) is 0 Å². The molecule has 128 valence electrons. The monoisotopic (exact) mass is 373 g/mol. The van der Waals surface area contributed by atoms with Gasteiger partial charge in [-0.25, -0.2) is 8.42 Å². The first-order valence-corrected chi connectivity index (χ1v) is 11.0. The molecule has 8 heteroatoms. The minimum atomic E-state index is -3.07. The zero-order valence-electron chi connectivity index (χ0n) is 13.3. The number of rotatable bonds is 8. The summed E-state index contributed by atoms with van der Waals surface area (Å²) in [6, 6.07) is 8.05. The van der Waals surface area contributed by atoms with Crippen LogP contribution in [0, 0.1) is 10.8 Å². The van der Waals surface area contributed by atoms with Crippen LogP contribution in [-0.2, 0) is 22.7 Å². The molecule has 1 aromatic rings. The number of nitrogens with two attached hydrogens (primary N) is 1. The molecule has 0 aromatic heterocycles. The lowest BCUT2D eigenvalue weighted by atomic mass is 10.1. The highest BCUT2D eigenvalue weighted by Gasteiger charge is 2.17. The van der Waals surface area contributed by atoms with Crippen molar-refractivity contribution in [2.45, 2.75) is 25.0 Å². The van der Waals surface area contributed by atoms with Gasteiger partial charge >= 0.3 is 0 Å². The van der Waals surface area contributed by atoms with Crippen LogP contribution in [-0.4, -0.2) is 41.6 Å². The lowest BCUT2D eigenvalue weighted by Gasteiger charge is -2.15. The van der Waals surface area contributed by atoms with Crippen LogP contribution in [0.15, 0.2) is 24.3 Å². The first-order chi connectivity index (χ1) is 10.7. The van der Waals surface area contributed by atoms with Crippen molar-refractivity contribution in [1.29, 1.82) is 10.8 Å². The van der Waals surface area contributed by atoms with Crippen molar-refractivity contribution in [2.75, 3.05) is 17.8 Å². The molecule has 0 fully saturated rings. The molecule has 0 aliphatic heterocycles. The molecule has 0 spiro atoms. The van der Waals surface area contributed by atoms with Gasteiger partial charge in [0.1, 0.15) is 9.84 Å². The standard InChI is InChI=1S/C15H23N3O2S3/c1-11(16)22-14(10-23(2,19)20)9-13-5-3-12(4-6-13)7-8-21-15(17)18/h3-6,14,16H,7-10H2,1-2H3,(H3,17,18)/t14-/m0/s1. The highest BCUT2D eigenvalue weighted by Crippen LogP contribution is 2.20. The summed E-state index contributed by atoms with van der Waals surface area (Å²) in [5.41, 5.74) is 7.53. The average Bonchev–Trinajstić information content (AvgIpc) is 2.37. The Bertz CT molecular complexity index is 642. The number of hydrogen-bond donors (Lipinski definition) is 3. The van der Waals surface area contributed by atoms with Crippen molar-refractivity contribution in [3.63, 3.8) is 0 Å². The zero-order valence-corrected chi connectivity index (χ0v) is 15.8. The van der Waals surface area contributed by atoms with Gasteiger partial charge in [0.15, 0.2) is 5.17 Å². The van der Waals surface area contributed by atoms with Crippen LogP contribution in [0.4, 0.5) is 0 Å². The van der Waals surface area contributed by atoms with E-state index in [-0.39, 0.29) is 16.2 Å². The Balaban J connectivity index is 2.65. The fourth-order valence-corrected chi connectivity index (χ4v) is 5.25. The summed E-state index contributed by atoms with van der Waals surface area (Å²) in [4.78, 5) is 0. The fourth-order valence-electron chi connectivity index (χ4n) is 2.11. The minimum Gasteiger partial charge on any atom is -0.379 e. The second-order valence-electron chi connectivity index (χ2n) is 5.37. The Labute approximate surface area is 146 Å². The first kappa shape index (κ1) is 20.1. The lowest BCUT2D eigenvalue weighted by Crippen LogP contribution is -2.20. The van der Waals surface area contributed by atoms with Crippen LogP contribution in [0.2, 0.25) is 0 Å². The molecule has 0 heterocycles. The highest BCUT2D eigenvalue weighted by atomic mass is 32.2. The molecule has 0 bridgehead atoms. The van der Waals surface area contributed by atoms with E-state index in [2.05, 4.69) is 0 Å². The third-order valence-corrected chi connectivity index (χ3v) is 5.93. The maximum atomic E-state index is 11.5. The summed E-state index contributed by atoms with van der Waals surface area (Å²) in [7, 11) is -3.07. The van der Waals surface area contributed by atoms with E-state index in [0.29, 0.717) is 11.5 Å². The van der Waals surface area contributed by atoms with E-state index in [9.17, 15) is 8.42 Å². The fraction of sp³-hybridized carbons (Fsp3) is 0.467. The Morgan fingerprint density at radius 1 is 1.22 bits per heavy atom. The second-order valence-corrected chi connectivity index (χ2v) is 10.2. The Hall–Kier alpha value is -0.990. The second kappa shape index (κ2) is 9.34. The van der Waals surface area contributed by atoms with Crippen LogP contribution < -0.4 is 5.73 Å². The maximum absolute atomic E-state index is 11.5. The topological polar surface area (TPSA) is 108 Å². The largest absolute Gasteiger partial charge is 0.379 e. The zero-order chi connectivity index (χ0) is 17.5. The lowest BCUT2D eigenvalue weighted by molar-refractivity contribution is 0.600. The van der Waals surface area contributed by atoms with E-state index < -0.39 is 9.84 Å². The van der Waals surface area contributed by atoms with Crippen LogP contribution in [0.5, 0.6) is 0 Å². The Kier molecular flexibility index (Phi) is 8.15. The van der Waals surface area contributed by atoms with Crippen molar-refractivity contribution >= 4 is 43.6 Å². The number of aryl methyl sites for hydroxylation is 1. The molecule has 0 unspecified atom stereocenters. The number of thioether (sulfide) groups is 2. The third kappa shape index (κ3) is 9.68. The molecule has 1 atom stereocenters. The van der Waals surface area contributed by atoms with Crippen LogP contribution in [0.3, 0.4) is 0 Å². The van der Waals surface area contributed by atoms with Gasteiger partial charge in [-0.3, -0.25) is 10.8 Å². The number of benzene rings is 1. The van der Waals surface area contributed by atoms with E-state index in [1.165, 1.54) is 29.8 Å². The molecular formula is C15H23N3O2S3. The quantitative estimate of drug-likeness (QED) is 0.479. The van der Waals surface area contributed by atoms with Crippen molar-refractivity contribution < 1.29 is 8.42 Å². The van der Waals surface area contributed by atoms with E-state index in [4.69, 9.17) is 16.6 Å². The molecule has 0 aliphatic carbocycles. The normalized spacial score (nSPS) is 12.8. The van der Waals surface area contributed by atoms with Crippen molar-refractivity contribution in [2.24, 2.45) is 5.73 Å². The minimum absolute atomic E-state index is 0.0743. The Morgan fingerprint density at radius 3 is 2.26 bits per heavy atom. The van der Waals surface area contributed by atoms with Gasteiger partial charge < -0.3 is 5.73 Å². The number of nitrogens with one attached hydrogen (secondary N) is 2. The van der Waals surface area contributed by atoms with Gasteiger partial charge in [0.2, 0.25) is 0 Å². The smallest absolute Gasteiger partial charge is 0.151 e. The van der Waals surface area contributed by atoms with E-state index in [1.54, 1.807) is 6.92 Å². The summed E-state index contributed by atoms with van der Waals surface area (Å²) >= 11 is 2.63. The van der Waals surface area contributed by atoms with Crippen molar-refractivity contribution in [1.82, 2.24) is 0 Å². The van der Waals surface area contributed by atoms with Gasteiger partial charge in [0, 0.05) is 17.3 Å². The van der Waals surface area contributed by atoms with E-state index in [0.717, 1.165) is 23.3 Å². The summed E-state index contributed by atoms with van der Waals surface area (Å²) < 4.78 is 23.1. The third-order valence-electron chi connectivity index (χ3n) is 2.97. The molecular weight excluding hydrogens is 350 g/mol. The molecule has 5 nitrogen and oxygen atoms in total. The average molecular weight is 374 g/mol. The van der Waals surface area contributed by atoms with Gasteiger partial charge in [-0.1, -0.05) is 36.0 Å². The summed E-state index contributed by atoms with van der Waals surface area (Å²) in [5.74, 6) is 0.846. The predicted molar refractivity (Wildman–Crippen MR) is 103 cm³/mol. The number of hydrogen-bond acceptors (Lipinski definition) is 6. The van der Waals surface area contributed by atoms with Crippen molar-refractivity contribution in [3.8, 4) is 0 Å². The van der Waals surface area contributed by atoms with Gasteiger partial charge in [-0.15, -0.1) is 11.8 Å². The summed E-state index contributed by atoms with van der Waals surface area (Å²) in [6.07, 6.45) is 2.69. The summed E-state index contributed by atoms with van der Waals surface area (Å²) in [6.45, 7) is 1.68.